The van der Waals surface area contributed by atoms with Crippen LogP contribution in [0.1, 0.15) is 33.1 Å². The molecule has 1 aliphatic rings. The molecule has 0 amide bonds. The van der Waals surface area contributed by atoms with Crippen molar-refractivity contribution in [3.63, 3.8) is 0 Å². The first kappa shape index (κ1) is 15.5. The second-order valence-electron chi connectivity index (χ2n) is 5.61. The second-order valence-corrected chi connectivity index (χ2v) is 7.45. The Kier molecular flexibility index (Phi) is 4.82. The molecule has 1 aromatic rings. The van der Waals surface area contributed by atoms with Gasteiger partial charge in [0.15, 0.2) is 5.03 Å². The first-order chi connectivity index (χ1) is 9.43. The highest BCUT2D eigenvalue weighted by atomic mass is 32.2. The Hall–Kier alpha value is -0.920. The zero-order valence-corrected chi connectivity index (χ0v) is 13.2. The topological polar surface area (TPSA) is 67.2 Å². The Morgan fingerprint density at radius 3 is 2.75 bits per heavy atom. The molecular formula is C13H24N4O2S. The molecule has 114 valence electrons. The first-order valence-corrected chi connectivity index (χ1v) is 8.60. The van der Waals surface area contributed by atoms with Gasteiger partial charge in [-0.3, -0.25) is 4.68 Å². The van der Waals surface area contributed by atoms with Crippen molar-refractivity contribution in [1.82, 2.24) is 19.4 Å². The van der Waals surface area contributed by atoms with Crippen LogP contribution < -0.4 is 5.32 Å². The van der Waals surface area contributed by atoms with E-state index in [9.17, 15) is 8.42 Å². The lowest BCUT2D eigenvalue weighted by Gasteiger charge is -2.32. The first-order valence-electron chi connectivity index (χ1n) is 7.16. The maximum atomic E-state index is 12.8. The number of hydrogen-bond donors (Lipinski definition) is 1. The van der Waals surface area contributed by atoms with Crippen LogP contribution in [0.5, 0.6) is 0 Å². The van der Waals surface area contributed by atoms with Gasteiger partial charge in [0, 0.05) is 25.7 Å². The minimum Gasteiger partial charge on any atom is -0.313 e. The van der Waals surface area contributed by atoms with Crippen LogP contribution in [0.3, 0.4) is 0 Å². The number of sulfonamides is 1. The third kappa shape index (κ3) is 3.21. The van der Waals surface area contributed by atoms with Gasteiger partial charge in [-0.05, 0) is 39.3 Å². The molecule has 1 N–H and O–H groups in total. The Balaban J connectivity index is 2.21. The number of piperidine rings is 1. The van der Waals surface area contributed by atoms with Gasteiger partial charge in [-0.15, -0.1) is 0 Å². The highest BCUT2D eigenvalue weighted by Gasteiger charge is 2.31. The van der Waals surface area contributed by atoms with Crippen molar-refractivity contribution in [2.75, 3.05) is 13.1 Å². The Labute approximate surface area is 121 Å². The number of hydrogen-bond acceptors (Lipinski definition) is 4. The summed E-state index contributed by atoms with van der Waals surface area (Å²) in [6.45, 7) is 5.32. The fourth-order valence-corrected chi connectivity index (χ4v) is 4.40. The van der Waals surface area contributed by atoms with Gasteiger partial charge >= 0.3 is 0 Å². The van der Waals surface area contributed by atoms with E-state index in [0.717, 1.165) is 19.4 Å². The monoisotopic (exact) mass is 300 g/mol. The lowest BCUT2D eigenvalue weighted by atomic mass is 10.1. The zero-order chi connectivity index (χ0) is 14.8. The molecule has 0 saturated carbocycles. The number of rotatable bonds is 5. The molecule has 2 heterocycles. The fourth-order valence-electron chi connectivity index (χ4n) is 2.62. The third-order valence-electron chi connectivity index (χ3n) is 3.74. The van der Waals surface area contributed by atoms with Crippen molar-refractivity contribution in [2.45, 2.75) is 50.2 Å². The highest BCUT2D eigenvalue weighted by Crippen LogP contribution is 2.19. The number of nitrogens with zero attached hydrogens (tertiary/aromatic N) is 3. The maximum Gasteiger partial charge on any atom is 0.260 e. The Morgan fingerprint density at radius 2 is 2.25 bits per heavy atom. The molecule has 1 unspecified atom stereocenters. The lowest BCUT2D eigenvalue weighted by molar-refractivity contribution is 0.281. The largest absolute Gasteiger partial charge is 0.313 e. The molecule has 1 fully saturated rings. The molecule has 2 rings (SSSR count). The average molecular weight is 300 g/mol. The summed E-state index contributed by atoms with van der Waals surface area (Å²) in [5, 5.41) is 7.63. The molecule has 0 radical (unpaired) electrons. The minimum atomic E-state index is -3.49. The predicted octanol–water partition coefficient (Wildman–Crippen LogP) is 0.961. The summed E-state index contributed by atoms with van der Waals surface area (Å²) in [5.41, 5.74) is 0. The van der Waals surface area contributed by atoms with E-state index in [1.165, 1.54) is 17.3 Å². The van der Waals surface area contributed by atoms with Crippen LogP contribution in [0.15, 0.2) is 17.3 Å². The number of aryl methyl sites for hydroxylation is 1. The van der Waals surface area contributed by atoms with E-state index in [2.05, 4.69) is 10.4 Å². The molecular weight excluding hydrogens is 276 g/mol. The molecule has 6 nitrogen and oxygen atoms in total. The SMILES string of the molecule is CC(C)N(CC1CCCCN1)S(=O)(=O)c1ccnn1C. The van der Waals surface area contributed by atoms with Gasteiger partial charge in [-0.1, -0.05) is 6.42 Å². The van der Waals surface area contributed by atoms with Crippen LogP contribution in [0.4, 0.5) is 0 Å². The van der Waals surface area contributed by atoms with Gasteiger partial charge in [0.05, 0.1) is 6.20 Å². The molecule has 20 heavy (non-hydrogen) atoms. The van der Waals surface area contributed by atoms with Crippen molar-refractivity contribution in [1.29, 1.82) is 0 Å². The average Bonchev–Trinajstić information content (AvgIpc) is 2.83. The lowest BCUT2D eigenvalue weighted by Crippen LogP contribution is -2.48. The van der Waals surface area contributed by atoms with E-state index >= 15 is 0 Å². The summed E-state index contributed by atoms with van der Waals surface area (Å²) in [7, 11) is -1.84. The smallest absolute Gasteiger partial charge is 0.260 e. The molecule has 1 atom stereocenters. The Morgan fingerprint density at radius 1 is 1.50 bits per heavy atom. The maximum absolute atomic E-state index is 12.8. The summed E-state index contributed by atoms with van der Waals surface area (Å²) in [5.74, 6) is 0. The van der Waals surface area contributed by atoms with Gasteiger partial charge in [0.25, 0.3) is 10.0 Å². The van der Waals surface area contributed by atoms with Gasteiger partial charge in [-0.2, -0.15) is 9.40 Å². The fraction of sp³-hybridized carbons (Fsp3) is 0.769. The summed E-state index contributed by atoms with van der Waals surface area (Å²) < 4.78 is 28.5. The number of aromatic nitrogens is 2. The van der Waals surface area contributed by atoms with E-state index in [1.54, 1.807) is 17.4 Å². The number of nitrogens with one attached hydrogen (secondary N) is 1. The van der Waals surface area contributed by atoms with Gasteiger partial charge in [0.1, 0.15) is 0 Å². The van der Waals surface area contributed by atoms with Crippen LogP contribution in [-0.2, 0) is 17.1 Å². The molecule has 1 saturated heterocycles. The molecule has 0 aromatic carbocycles. The van der Waals surface area contributed by atoms with E-state index in [0.29, 0.717) is 6.54 Å². The van der Waals surface area contributed by atoms with Crippen LogP contribution >= 0.6 is 0 Å². The molecule has 0 spiro atoms. The Bertz CT molecular complexity index is 532. The second kappa shape index (κ2) is 6.24. The summed E-state index contributed by atoms with van der Waals surface area (Å²) in [6, 6.07) is 1.73. The molecule has 7 heteroatoms. The van der Waals surface area contributed by atoms with E-state index in [-0.39, 0.29) is 17.1 Å². The molecule has 1 aromatic heterocycles. The highest BCUT2D eigenvalue weighted by molar-refractivity contribution is 7.89. The predicted molar refractivity (Wildman–Crippen MR) is 77.9 cm³/mol. The van der Waals surface area contributed by atoms with E-state index in [4.69, 9.17) is 0 Å². The van der Waals surface area contributed by atoms with Crippen LogP contribution in [-0.4, -0.2) is 47.7 Å². The van der Waals surface area contributed by atoms with Crippen molar-refractivity contribution in [3.05, 3.63) is 12.3 Å². The zero-order valence-electron chi connectivity index (χ0n) is 12.4. The minimum absolute atomic E-state index is 0.0707. The molecule has 1 aliphatic heterocycles. The quantitative estimate of drug-likeness (QED) is 0.879. The summed E-state index contributed by atoms with van der Waals surface area (Å²) in [4.78, 5) is 0. The third-order valence-corrected chi connectivity index (χ3v) is 5.85. The molecule has 0 bridgehead atoms. The van der Waals surface area contributed by atoms with Crippen molar-refractivity contribution >= 4 is 10.0 Å². The van der Waals surface area contributed by atoms with Crippen LogP contribution in [0, 0.1) is 0 Å². The normalized spacial score (nSPS) is 20.8. The molecule has 0 aliphatic carbocycles. The van der Waals surface area contributed by atoms with Crippen molar-refractivity contribution in [2.24, 2.45) is 7.05 Å². The van der Waals surface area contributed by atoms with Crippen molar-refractivity contribution < 1.29 is 8.42 Å². The van der Waals surface area contributed by atoms with Gasteiger partial charge in [-0.25, -0.2) is 8.42 Å². The van der Waals surface area contributed by atoms with Crippen LogP contribution in [0.25, 0.3) is 0 Å². The van der Waals surface area contributed by atoms with Crippen LogP contribution in [0.2, 0.25) is 0 Å². The van der Waals surface area contributed by atoms with Crippen molar-refractivity contribution in [3.8, 4) is 0 Å². The summed E-state index contributed by atoms with van der Waals surface area (Å²) >= 11 is 0. The van der Waals surface area contributed by atoms with Gasteiger partial charge < -0.3 is 5.32 Å². The standard InChI is InChI=1S/C13H24N4O2S/c1-11(2)17(10-12-6-4-5-8-14-12)20(18,19)13-7-9-15-16(13)3/h7,9,11-12,14H,4-6,8,10H2,1-3H3. The van der Waals surface area contributed by atoms with Gasteiger partial charge in [0.2, 0.25) is 0 Å². The van der Waals surface area contributed by atoms with E-state index in [1.807, 2.05) is 13.8 Å². The van der Waals surface area contributed by atoms with E-state index < -0.39 is 10.0 Å². The summed E-state index contributed by atoms with van der Waals surface area (Å²) in [6.07, 6.45) is 4.89.